The van der Waals surface area contributed by atoms with Crippen LogP contribution in [0.25, 0.3) is 0 Å². The van der Waals surface area contributed by atoms with Crippen molar-refractivity contribution >= 4 is 21.6 Å². The summed E-state index contributed by atoms with van der Waals surface area (Å²) in [5, 5.41) is 5.23. The molecule has 1 amide bonds. The number of fused-ring (bicyclic) bond motifs is 1. The molecule has 3 rings (SSSR count). The minimum Gasteiger partial charge on any atom is -0.359 e. The van der Waals surface area contributed by atoms with Crippen LogP contribution in [-0.4, -0.2) is 44.4 Å². The zero-order valence-electron chi connectivity index (χ0n) is 14.9. The van der Waals surface area contributed by atoms with Crippen LogP contribution in [0.2, 0.25) is 0 Å². The van der Waals surface area contributed by atoms with Crippen molar-refractivity contribution in [3.63, 3.8) is 0 Å². The molecule has 7 heteroatoms. The molecule has 1 saturated heterocycles. The van der Waals surface area contributed by atoms with Gasteiger partial charge >= 0.3 is 0 Å². The Morgan fingerprint density at radius 3 is 2.76 bits per heavy atom. The SMILES string of the molecule is CC[C@@H]1CCCCN1C(=O)CN1c2ccc(S(N)(=O)=O)cc2C[C@@H]1C. The fourth-order valence-electron chi connectivity index (χ4n) is 4.08. The molecule has 138 valence electrons. The topological polar surface area (TPSA) is 83.7 Å². The van der Waals surface area contributed by atoms with E-state index in [-0.39, 0.29) is 16.8 Å². The Balaban J connectivity index is 1.79. The summed E-state index contributed by atoms with van der Waals surface area (Å²) in [6, 6.07) is 5.46. The van der Waals surface area contributed by atoms with Gasteiger partial charge < -0.3 is 9.80 Å². The highest BCUT2D eigenvalue weighted by Crippen LogP contribution is 2.34. The molecule has 25 heavy (non-hydrogen) atoms. The van der Waals surface area contributed by atoms with Crippen molar-refractivity contribution in [2.24, 2.45) is 5.14 Å². The van der Waals surface area contributed by atoms with Gasteiger partial charge in [0.05, 0.1) is 11.4 Å². The summed E-state index contributed by atoms with van der Waals surface area (Å²) in [5.41, 5.74) is 1.89. The standard InChI is InChI=1S/C18H27N3O3S/c1-3-15-6-4-5-9-20(15)18(22)12-21-13(2)10-14-11-16(25(19,23)24)7-8-17(14)21/h7-8,11,13,15H,3-6,9-10,12H2,1-2H3,(H2,19,23,24)/t13-,15+/m0/s1. The molecule has 0 aromatic heterocycles. The maximum Gasteiger partial charge on any atom is 0.242 e. The molecule has 6 nitrogen and oxygen atoms in total. The first-order valence-corrected chi connectivity index (χ1v) is 10.6. The first-order chi connectivity index (χ1) is 11.8. The van der Waals surface area contributed by atoms with Crippen LogP contribution >= 0.6 is 0 Å². The van der Waals surface area contributed by atoms with Gasteiger partial charge in [0.2, 0.25) is 15.9 Å². The Morgan fingerprint density at radius 2 is 2.08 bits per heavy atom. The first-order valence-electron chi connectivity index (χ1n) is 9.03. The van der Waals surface area contributed by atoms with Gasteiger partial charge in [0.15, 0.2) is 0 Å². The first kappa shape index (κ1) is 18.2. The van der Waals surface area contributed by atoms with Crippen LogP contribution in [0.1, 0.15) is 45.1 Å². The molecule has 0 unspecified atom stereocenters. The largest absolute Gasteiger partial charge is 0.359 e. The number of anilines is 1. The molecule has 2 atom stereocenters. The molecule has 2 heterocycles. The minimum atomic E-state index is -3.70. The van der Waals surface area contributed by atoms with E-state index in [1.54, 1.807) is 12.1 Å². The molecular formula is C18H27N3O3S. The fraction of sp³-hybridized carbons (Fsp3) is 0.611. The number of nitrogens with zero attached hydrogens (tertiary/aromatic N) is 2. The number of rotatable bonds is 4. The van der Waals surface area contributed by atoms with Crippen LogP contribution in [0.4, 0.5) is 5.69 Å². The number of carbonyl (C=O) groups excluding carboxylic acids is 1. The van der Waals surface area contributed by atoms with E-state index >= 15 is 0 Å². The predicted octanol–water partition coefficient (Wildman–Crippen LogP) is 1.88. The van der Waals surface area contributed by atoms with E-state index in [1.165, 1.54) is 12.5 Å². The van der Waals surface area contributed by atoms with Crippen molar-refractivity contribution in [1.29, 1.82) is 0 Å². The molecule has 1 aromatic carbocycles. The van der Waals surface area contributed by atoms with Gasteiger partial charge in [0, 0.05) is 24.3 Å². The molecule has 1 aromatic rings. The van der Waals surface area contributed by atoms with Gasteiger partial charge in [-0.05, 0) is 62.8 Å². The van der Waals surface area contributed by atoms with Crippen molar-refractivity contribution in [3.8, 4) is 0 Å². The van der Waals surface area contributed by atoms with Gasteiger partial charge in [-0.25, -0.2) is 13.6 Å². The Labute approximate surface area is 150 Å². The summed E-state index contributed by atoms with van der Waals surface area (Å²) in [6.45, 7) is 5.40. The lowest BCUT2D eigenvalue weighted by molar-refractivity contribution is -0.133. The van der Waals surface area contributed by atoms with Crippen LogP contribution < -0.4 is 10.0 Å². The second-order valence-electron chi connectivity index (χ2n) is 7.16. The van der Waals surface area contributed by atoms with Gasteiger partial charge in [-0.2, -0.15) is 0 Å². The van der Waals surface area contributed by atoms with E-state index in [4.69, 9.17) is 5.14 Å². The third-order valence-corrected chi connectivity index (χ3v) is 6.37. The number of hydrogen-bond donors (Lipinski definition) is 1. The molecule has 0 bridgehead atoms. The predicted molar refractivity (Wildman–Crippen MR) is 98.0 cm³/mol. The summed E-state index contributed by atoms with van der Waals surface area (Å²) >= 11 is 0. The number of hydrogen-bond acceptors (Lipinski definition) is 4. The summed E-state index contributed by atoms with van der Waals surface area (Å²) in [4.78, 5) is 17.1. The lowest BCUT2D eigenvalue weighted by Crippen LogP contribution is -2.48. The number of nitrogens with two attached hydrogens (primary N) is 1. The number of amides is 1. The zero-order chi connectivity index (χ0) is 18.2. The maximum absolute atomic E-state index is 12.9. The molecule has 0 aliphatic carbocycles. The second-order valence-corrected chi connectivity index (χ2v) is 8.72. The van der Waals surface area contributed by atoms with E-state index in [2.05, 4.69) is 18.7 Å². The number of primary sulfonamides is 1. The van der Waals surface area contributed by atoms with Gasteiger partial charge in [0.1, 0.15) is 0 Å². The van der Waals surface area contributed by atoms with Crippen LogP contribution in [0.3, 0.4) is 0 Å². The van der Waals surface area contributed by atoms with Gasteiger partial charge in [-0.1, -0.05) is 6.92 Å². The highest BCUT2D eigenvalue weighted by molar-refractivity contribution is 7.89. The van der Waals surface area contributed by atoms with Crippen molar-refractivity contribution in [2.75, 3.05) is 18.0 Å². The van der Waals surface area contributed by atoms with Gasteiger partial charge in [0.25, 0.3) is 0 Å². The van der Waals surface area contributed by atoms with Gasteiger partial charge in [-0.15, -0.1) is 0 Å². The number of piperidine rings is 1. The van der Waals surface area contributed by atoms with E-state index in [0.717, 1.165) is 43.5 Å². The molecule has 2 aliphatic heterocycles. The Bertz CT molecular complexity index is 763. The molecule has 2 N–H and O–H groups in total. The third-order valence-electron chi connectivity index (χ3n) is 5.46. The van der Waals surface area contributed by atoms with E-state index in [9.17, 15) is 13.2 Å². The van der Waals surface area contributed by atoms with E-state index in [0.29, 0.717) is 12.6 Å². The summed E-state index contributed by atoms with van der Waals surface area (Å²) in [7, 11) is -3.70. The lowest BCUT2D eigenvalue weighted by Gasteiger charge is -2.37. The van der Waals surface area contributed by atoms with Crippen LogP contribution in [0.5, 0.6) is 0 Å². The quantitative estimate of drug-likeness (QED) is 0.883. The normalized spacial score (nSPS) is 23.6. The molecule has 0 saturated carbocycles. The molecular weight excluding hydrogens is 338 g/mol. The Morgan fingerprint density at radius 1 is 1.32 bits per heavy atom. The minimum absolute atomic E-state index is 0.133. The lowest BCUT2D eigenvalue weighted by atomic mass is 10.00. The van der Waals surface area contributed by atoms with Crippen molar-refractivity contribution in [2.45, 2.75) is 62.9 Å². The fourth-order valence-corrected chi connectivity index (χ4v) is 4.64. The number of carbonyl (C=O) groups is 1. The monoisotopic (exact) mass is 365 g/mol. The zero-order valence-corrected chi connectivity index (χ0v) is 15.8. The molecule has 0 spiro atoms. The van der Waals surface area contributed by atoms with Crippen molar-refractivity contribution < 1.29 is 13.2 Å². The van der Waals surface area contributed by atoms with Crippen LogP contribution in [0.15, 0.2) is 23.1 Å². The number of sulfonamides is 1. The average molecular weight is 365 g/mol. The van der Waals surface area contributed by atoms with E-state index in [1.807, 2.05) is 4.90 Å². The Hall–Kier alpha value is -1.60. The van der Waals surface area contributed by atoms with Crippen LogP contribution in [-0.2, 0) is 21.2 Å². The molecule has 1 fully saturated rings. The highest BCUT2D eigenvalue weighted by Gasteiger charge is 2.32. The molecule has 0 radical (unpaired) electrons. The highest BCUT2D eigenvalue weighted by atomic mass is 32.2. The third kappa shape index (κ3) is 3.67. The van der Waals surface area contributed by atoms with Gasteiger partial charge in [-0.3, -0.25) is 4.79 Å². The number of benzene rings is 1. The summed E-state index contributed by atoms with van der Waals surface area (Å²) in [5.74, 6) is 0.168. The summed E-state index contributed by atoms with van der Waals surface area (Å²) < 4.78 is 23.1. The summed E-state index contributed by atoms with van der Waals surface area (Å²) in [6.07, 6.45) is 5.08. The van der Waals surface area contributed by atoms with Crippen LogP contribution in [0, 0.1) is 0 Å². The second kappa shape index (κ2) is 6.96. The number of likely N-dealkylation sites (tertiary alicyclic amines) is 1. The maximum atomic E-state index is 12.9. The van der Waals surface area contributed by atoms with E-state index < -0.39 is 10.0 Å². The Kier molecular flexibility index (Phi) is 5.06. The van der Waals surface area contributed by atoms with Crippen molar-refractivity contribution in [1.82, 2.24) is 4.90 Å². The smallest absolute Gasteiger partial charge is 0.242 e. The average Bonchev–Trinajstić information content (AvgIpc) is 2.89. The van der Waals surface area contributed by atoms with Crippen molar-refractivity contribution in [3.05, 3.63) is 23.8 Å². The molecule has 2 aliphatic rings.